The van der Waals surface area contributed by atoms with Gasteiger partial charge in [0.05, 0.1) is 6.61 Å². The number of rotatable bonds is 8. The molecule has 1 unspecified atom stereocenters. The Morgan fingerprint density at radius 3 is 2.78 bits per heavy atom. The SMILES string of the molecule is CCCc1cccc(C(O)(CCCN)COC)c1. The van der Waals surface area contributed by atoms with Crippen molar-refractivity contribution >= 4 is 0 Å². The molecular formula is C15H25NO2. The highest BCUT2D eigenvalue weighted by molar-refractivity contribution is 5.28. The van der Waals surface area contributed by atoms with Gasteiger partial charge in [-0.1, -0.05) is 37.6 Å². The molecule has 1 rings (SSSR count). The van der Waals surface area contributed by atoms with Crippen molar-refractivity contribution in [2.75, 3.05) is 20.3 Å². The molecule has 0 saturated carbocycles. The third-order valence-corrected chi connectivity index (χ3v) is 3.18. The van der Waals surface area contributed by atoms with E-state index in [4.69, 9.17) is 10.5 Å². The van der Waals surface area contributed by atoms with Gasteiger partial charge in [0.2, 0.25) is 0 Å². The summed E-state index contributed by atoms with van der Waals surface area (Å²) in [6.45, 7) is 3.05. The van der Waals surface area contributed by atoms with Gasteiger partial charge in [0, 0.05) is 7.11 Å². The van der Waals surface area contributed by atoms with Crippen LogP contribution in [0.2, 0.25) is 0 Å². The Kier molecular flexibility index (Phi) is 6.33. The van der Waals surface area contributed by atoms with Gasteiger partial charge in [-0.15, -0.1) is 0 Å². The molecule has 0 fully saturated rings. The molecule has 3 heteroatoms. The zero-order valence-electron chi connectivity index (χ0n) is 11.5. The molecule has 0 aliphatic heterocycles. The minimum absolute atomic E-state index is 0.308. The third-order valence-electron chi connectivity index (χ3n) is 3.18. The summed E-state index contributed by atoms with van der Waals surface area (Å²) in [5.41, 5.74) is 6.81. The fraction of sp³-hybridized carbons (Fsp3) is 0.600. The molecule has 3 N–H and O–H groups in total. The summed E-state index contributed by atoms with van der Waals surface area (Å²) >= 11 is 0. The summed E-state index contributed by atoms with van der Waals surface area (Å²) < 4.78 is 5.17. The molecule has 0 aromatic heterocycles. The van der Waals surface area contributed by atoms with Crippen molar-refractivity contribution < 1.29 is 9.84 Å². The highest BCUT2D eigenvalue weighted by Crippen LogP contribution is 2.27. The molecule has 1 atom stereocenters. The van der Waals surface area contributed by atoms with E-state index in [0.717, 1.165) is 24.8 Å². The third kappa shape index (κ3) is 4.09. The van der Waals surface area contributed by atoms with Crippen LogP contribution in [0, 0.1) is 0 Å². The molecule has 0 saturated heterocycles. The van der Waals surface area contributed by atoms with Crippen LogP contribution < -0.4 is 5.73 Å². The van der Waals surface area contributed by atoms with Gasteiger partial charge in [-0.05, 0) is 36.9 Å². The first-order valence-electron chi connectivity index (χ1n) is 6.67. The second kappa shape index (κ2) is 7.52. The van der Waals surface area contributed by atoms with Gasteiger partial charge in [0.15, 0.2) is 0 Å². The van der Waals surface area contributed by atoms with E-state index in [2.05, 4.69) is 19.1 Å². The Hall–Kier alpha value is -0.900. The van der Waals surface area contributed by atoms with Crippen molar-refractivity contribution in [1.29, 1.82) is 0 Å². The number of aliphatic hydroxyl groups is 1. The van der Waals surface area contributed by atoms with Crippen LogP contribution in [0.4, 0.5) is 0 Å². The largest absolute Gasteiger partial charge is 0.383 e. The Morgan fingerprint density at radius 1 is 1.39 bits per heavy atom. The summed E-state index contributed by atoms with van der Waals surface area (Å²) in [7, 11) is 1.61. The van der Waals surface area contributed by atoms with E-state index in [0.29, 0.717) is 19.6 Å². The van der Waals surface area contributed by atoms with Crippen LogP contribution in [0.15, 0.2) is 24.3 Å². The smallest absolute Gasteiger partial charge is 0.113 e. The van der Waals surface area contributed by atoms with Crippen LogP contribution in [-0.2, 0) is 16.8 Å². The Morgan fingerprint density at radius 2 is 2.17 bits per heavy atom. The number of methoxy groups -OCH3 is 1. The molecule has 0 radical (unpaired) electrons. The van der Waals surface area contributed by atoms with E-state index < -0.39 is 5.60 Å². The van der Waals surface area contributed by atoms with Crippen molar-refractivity contribution in [2.45, 2.75) is 38.2 Å². The van der Waals surface area contributed by atoms with Crippen LogP contribution in [-0.4, -0.2) is 25.4 Å². The fourth-order valence-corrected chi connectivity index (χ4v) is 2.24. The predicted molar refractivity (Wildman–Crippen MR) is 74.5 cm³/mol. The molecule has 0 amide bonds. The molecular weight excluding hydrogens is 226 g/mol. The first-order chi connectivity index (χ1) is 8.66. The molecule has 0 aliphatic carbocycles. The number of hydrogen-bond donors (Lipinski definition) is 2. The average Bonchev–Trinajstić information content (AvgIpc) is 2.37. The van der Waals surface area contributed by atoms with E-state index in [9.17, 15) is 5.11 Å². The molecule has 0 heterocycles. The lowest BCUT2D eigenvalue weighted by molar-refractivity contribution is -0.0430. The predicted octanol–water partition coefficient (Wildman–Crippen LogP) is 2.21. The highest BCUT2D eigenvalue weighted by atomic mass is 16.5. The maximum atomic E-state index is 10.7. The zero-order chi connectivity index (χ0) is 13.4. The van der Waals surface area contributed by atoms with Crippen LogP contribution in [0.5, 0.6) is 0 Å². The van der Waals surface area contributed by atoms with Crippen LogP contribution in [0.25, 0.3) is 0 Å². The monoisotopic (exact) mass is 251 g/mol. The summed E-state index contributed by atoms with van der Waals surface area (Å²) in [6, 6.07) is 8.15. The molecule has 18 heavy (non-hydrogen) atoms. The van der Waals surface area contributed by atoms with Crippen molar-refractivity contribution in [2.24, 2.45) is 5.73 Å². The van der Waals surface area contributed by atoms with Gasteiger partial charge in [0.25, 0.3) is 0 Å². The van der Waals surface area contributed by atoms with Gasteiger partial charge in [0.1, 0.15) is 5.60 Å². The van der Waals surface area contributed by atoms with Crippen LogP contribution in [0.3, 0.4) is 0 Å². The zero-order valence-corrected chi connectivity index (χ0v) is 11.5. The number of aryl methyl sites for hydroxylation is 1. The lowest BCUT2D eigenvalue weighted by Crippen LogP contribution is -2.32. The van der Waals surface area contributed by atoms with E-state index in [1.165, 1.54) is 5.56 Å². The molecule has 0 spiro atoms. The summed E-state index contributed by atoms with van der Waals surface area (Å²) in [5, 5.41) is 10.7. The molecule has 102 valence electrons. The maximum Gasteiger partial charge on any atom is 0.113 e. The molecule has 1 aromatic carbocycles. The van der Waals surface area contributed by atoms with E-state index in [1.54, 1.807) is 7.11 Å². The maximum absolute atomic E-state index is 10.7. The quantitative estimate of drug-likeness (QED) is 0.745. The van der Waals surface area contributed by atoms with E-state index in [1.807, 2.05) is 12.1 Å². The van der Waals surface area contributed by atoms with Crippen molar-refractivity contribution in [3.63, 3.8) is 0 Å². The van der Waals surface area contributed by atoms with Crippen LogP contribution in [0.1, 0.15) is 37.3 Å². The highest BCUT2D eigenvalue weighted by Gasteiger charge is 2.28. The minimum Gasteiger partial charge on any atom is -0.383 e. The van der Waals surface area contributed by atoms with Gasteiger partial charge in [-0.25, -0.2) is 0 Å². The van der Waals surface area contributed by atoms with Crippen molar-refractivity contribution in [3.05, 3.63) is 35.4 Å². The lowest BCUT2D eigenvalue weighted by Gasteiger charge is -2.28. The van der Waals surface area contributed by atoms with Crippen molar-refractivity contribution in [1.82, 2.24) is 0 Å². The van der Waals surface area contributed by atoms with Gasteiger partial charge >= 0.3 is 0 Å². The van der Waals surface area contributed by atoms with E-state index >= 15 is 0 Å². The Labute approximate surface area is 110 Å². The number of hydrogen-bond acceptors (Lipinski definition) is 3. The number of benzene rings is 1. The second-order valence-electron chi connectivity index (χ2n) is 4.81. The number of ether oxygens (including phenoxy) is 1. The molecule has 1 aromatic rings. The molecule has 3 nitrogen and oxygen atoms in total. The average molecular weight is 251 g/mol. The Bertz CT molecular complexity index is 354. The van der Waals surface area contributed by atoms with E-state index in [-0.39, 0.29) is 0 Å². The summed E-state index contributed by atoms with van der Waals surface area (Å²) in [6.07, 6.45) is 3.56. The summed E-state index contributed by atoms with van der Waals surface area (Å²) in [5.74, 6) is 0. The first-order valence-corrected chi connectivity index (χ1v) is 6.67. The first kappa shape index (κ1) is 15.2. The lowest BCUT2D eigenvalue weighted by atomic mass is 9.88. The van der Waals surface area contributed by atoms with Gasteiger partial charge < -0.3 is 15.6 Å². The van der Waals surface area contributed by atoms with Crippen molar-refractivity contribution in [3.8, 4) is 0 Å². The minimum atomic E-state index is -0.919. The fourth-order valence-electron chi connectivity index (χ4n) is 2.24. The Balaban J connectivity index is 2.92. The van der Waals surface area contributed by atoms with Crippen LogP contribution >= 0.6 is 0 Å². The standard InChI is InChI=1S/C15H25NO2/c1-3-6-13-7-4-8-14(11-13)15(17,12-18-2)9-5-10-16/h4,7-8,11,17H,3,5-6,9-10,12,16H2,1-2H3. The second-order valence-corrected chi connectivity index (χ2v) is 4.81. The van der Waals surface area contributed by atoms with Gasteiger partial charge in [-0.2, -0.15) is 0 Å². The molecule has 0 bridgehead atoms. The topological polar surface area (TPSA) is 55.5 Å². The molecule has 0 aliphatic rings. The normalized spacial score (nSPS) is 14.4. The number of nitrogens with two attached hydrogens (primary N) is 1. The summed E-state index contributed by atoms with van der Waals surface area (Å²) in [4.78, 5) is 0. The van der Waals surface area contributed by atoms with Gasteiger partial charge in [-0.3, -0.25) is 0 Å².